The van der Waals surface area contributed by atoms with Gasteiger partial charge in [0.15, 0.2) is 15.5 Å². The number of rotatable bonds is 3. The van der Waals surface area contributed by atoms with Crippen molar-refractivity contribution in [2.24, 2.45) is 0 Å². The van der Waals surface area contributed by atoms with E-state index in [1.165, 1.54) is 16.8 Å². The zero-order valence-electron chi connectivity index (χ0n) is 10.3. The van der Waals surface area contributed by atoms with Crippen LogP contribution in [0, 0.1) is 0 Å². The molecule has 0 aliphatic heterocycles. The van der Waals surface area contributed by atoms with Gasteiger partial charge < -0.3 is 4.74 Å². The van der Waals surface area contributed by atoms with E-state index in [4.69, 9.17) is 4.74 Å². The Morgan fingerprint density at radius 2 is 1.85 bits per heavy atom. The van der Waals surface area contributed by atoms with Crippen LogP contribution in [0.4, 0.5) is 0 Å². The molecule has 0 saturated carbocycles. The van der Waals surface area contributed by atoms with Crippen molar-refractivity contribution in [3.63, 3.8) is 0 Å². The third kappa shape index (κ3) is 2.43. The number of hydrogen-bond donors (Lipinski definition) is 0. The second kappa shape index (κ2) is 4.53. The first kappa shape index (κ1) is 12.5. The third-order valence-corrected chi connectivity index (χ3v) is 3.65. The number of benzene rings is 1. The highest BCUT2D eigenvalue weighted by molar-refractivity contribution is 7.90. The molecule has 0 aliphatic rings. The van der Waals surface area contributed by atoms with Gasteiger partial charge in [0.2, 0.25) is 5.88 Å². The Bertz CT molecular complexity index is 857. The monoisotopic (exact) mass is 291 g/mol. The molecule has 102 valence electrons. The molecule has 9 heteroatoms. The Hall–Kier alpha value is -2.55. The quantitative estimate of drug-likeness (QED) is 0.700. The molecule has 0 fully saturated rings. The highest BCUT2D eigenvalue weighted by Crippen LogP contribution is 2.21. The fraction of sp³-hybridized carbons (Fsp3) is 0.0909. The second-order valence-electron chi connectivity index (χ2n) is 4.04. The molecule has 2 aromatic heterocycles. The van der Waals surface area contributed by atoms with Crippen molar-refractivity contribution in [1.29, 1.82) is 0 Å². The van der Waals surface area contributed by atoms with Crippen LogP contribution in [-0.2, 0) is 9.84 Å². The predicted octanol–water partition coefficient (Wildman–Crippen LogP) is 0.715. The summed E-state index contributed by atoms with van der Waals surface area (Å²) in [5, 5.41) is 14.9. The summed E-state index contributed by atoms with van der Waals surface area (Å²) in [5.41, 5.74) is 0.504. The van der Waals surface area contributed by atoms with Crippen LogP contribution in [0.15, 0.2) is 41.3 Å². The molecule has 8 nitrogen and oxygen atoms in total. The van der Waals surface area contributed by atoms with E-state index in [2.05, 4.69) is 20.6 Å². The number of fused-ring (bicyclic) bond motifs is 1. The molecule has 0 atom stereocenters. The summed E-state index contributed by atoms with van der Waals surface area (Å²) in [6, 6.07) is 9.34. The van der Waals surface area contributed by atoms with Crippen LogP contribution in [0.2, 0.25) is 0 Å². The van der Waals surface area contributed by atoms with Crippen LogP contribution >= 0.6 is 0 Å². The minimum absolute atomic E-state index is 0.230. The predicted molar refractivity (Wildman–Crippen MR) is 68.2 cm³/mol. The van der Waals surface area contributed by atoms with E-state index in [1.807, 2.05) is 0 Å². The van der Waals surface area contributed by atoms with Crippen molar-refractivity contribution in [3.05, 3.63) is 36.4 Å². The van der Waals surface area contributed by atoms with E-state index < -0.39 is 9.84 Å². The smallest absolute Gasteiger partial charge is 0.239 e. The van der Waals surface area contributed by atoms with Crippen molar-refractivity contribution < 1.29 is 13.2 Å². The van der Waals surface area contributed by atoms with Crippen molar-refractivity contribution in [2.45, 2.75) is 4.90 Å². The van der Waals surface area contributed by atoms with Gasteiger partial charge in [0.1, 0.15) is 5.75 Å². The largest absolute Gasteiger partial charge is 0.438 e. The van der Waals surface area contributed by atoms with Crippen molar-refractivity contribution in [3.8, 4) is 11.6 Å². The molecule has 0 spiro atoms. The summed E-state index contributed by atoms with van der Waals surface area (Å²) in [7, 11) is -3.22. The van der Waals surface area contributed by atoms with Crippen LogP contribution < -0.4 is 4.74 Å². The van der Waals surface area contributed by atoms with Gasteiger partial charge in [0.25, 0.3) is 0 Å². The Morgan fingerprint density at radius 3 is 2.55 bits per heavy atom. The lowest BCUT2D eigenvalue weighted by atomic mass is 10.3. The van der Waals surface area contributed by atoms with Crippen molar-refractivity contribution >= 4 is 15.5 Å². The van der Waals surface area contributed by atoms with Gasteiger partial charge in [-0.05, 0) is 40.8 Å². The molecule has 3 rings (SSSR count). The Morgan fingerprint density at radius 1 is 1.10 bits per heavy atom. The maximum atomic E-state index is 11.3. The van der Waals surface area contributed by atoms with Gasteiger partial charge in [0, 0.05) is 12.3 Å². The molecule has 0 unspecified atom stereocenters. The van der Waals surface area contributed by atoms with Crippen LogP contribution in [-0.4, -0.2) is 39.9 Å². The highest BCUT2D eigenvalue weighted by Gasteiger charge is 2.07. The number of nitrogens with zero attached hydrogens (tertiary/aromatic N) is 5. The molecule has 0 bridgehead atoms. The maximum absolute atomic E-state index is 11.3. The average molecular weight is 291 g/mol. The van der Waals surface area contributed by atoms with Crippen molar-refractivity contribution in [2.75, 3.05) is 6.26 Å². The molecule has 1 aromatic carbocycles. The molecule has 0 amide bonds. The molecule has 0 radical (unpaired) electrons. The molecular weight excluding hydrogens is 282 g/mol. The molecule has 20 heavy (non-hydrogen) atoms. The van der Waals surface area contributed by atoms with Crippen LogP contribution in [0.1, 0.15) is 0 Å². The van der Waals surface area contributed by atoms with Gasteiger partial charge in [-0.2, -0.15) is 0 Å². The number of hydrogen-bond acceptors (Lipinski definition) is 7. The summed E-state index contributed by atoms with van der Waals surface area (Å²) in [5.74, 6) is 0.772. The zero-order chi connectivity index (χ0) is 14.2. The summed E-state index contributed by atoms with van der Waals surface area (Å²) in [4.78, 5) is 0.230. The van der Waals surface area contributed by atoms with Gasteiger partial charge in [0.05, 0.1) is 4.90 Å². The molecule has 0 saturated heterocycles. The average Bonchev–Trinajstić information content (AvgIpc) is 2.86. The van der Waals surface area contributed by atoms with Crippen LogP contribution in [0.25, 0.3) is 5.65 Å². The number of tetrazole rings is 1. The van der Waals surface area contributed by atoms with Gasteiger partial charge in [-0.15, -0.1) is 14.8 Å². The van der Waals surface area contributed by atoms with Gasteiger partial charge in [-0.1, -0.05) is 0 Å². The number of aromatic nitrogens is 5. The minimum Gasteiger partial charge on any atom is -0.438 e. The normalized spacial score (nSPS) is 11.7. The van der Waals surface area contributed by atoms with E-state index in [1.54, 1.807) is 24.3 Å². The first-order valence-electron chi connectivity index (χ1n) is 5.56. The maximum Gasteiger partial charge on any atom is 0.239 e. The lowest BCUT2D eigenvalue weighted by molar-refractivity contribution is 0.446. The number of ether oxygens (including phenoxy) is 1. The Kier molecular flexibility index (Phi) is 2.83. The fourth-order valence-electron chi connectivity index (χ4n) is 1.56. The number of sulfone groups is 1. The van der Waals surface area contributed by atoms with E-state index in [0.29, 0.717) is 17.3 Å². The SMILES string of the molecule is CS(=O)(=O)c1ccc(Oc2ccc3nnnn3n2)cc1. The minimum atomic E-state index is -3.22. The van der Waals surface area contributed by atoms with Crippen LogP contribution in [0.3, 0.4) is 0 Å². The van der Waals surface area contributed by atoms with Gasteiger partial charge >= 0.3 is 0 Å². The third-order valence-electron chi connectivity index (χ3n) is 2.52. The van der Waals surface area contributed by atoms with E-state index in [9.17, 15) is 8.42 Å². The molecule has 3 aromatic rings. The first-order valence-corrected chi connectivity index (χ1v) is 7.45. The molecule has 2 heterocycles. The standard InChI is InChI=1S/C11H9N5O3S/c1-20(17,18)9-4-2-8(3-5-9)19-11-7-6-10-12-14-15-16(10)13-11/h2-7H,1H3. The lowest BCUT2D eigenvalue weighted by Gasteiger charge is -2.05. The van der Waals surface area contributed by atoms with Crippen molar-refractivity contribution in [1.82, 2.24) is 25.3 Å². The molecule has 0 aliphatic carbocycles. The Balaban J connectivity index is 1.87. The van der Waals surface area contributed by atoms with E-state index in [0.717, 1.165) is 6.26 Å². The summed E-state index contributed by atoms with van der Waals surface area (Å²) in [6.45, 7) is 0. The summed E-state index contributed by atoms with van der Waals surface area (Å²) >= 11 is 0. The molecular formula is C11H9N5O3S. The van der Waals surface area contributed by atoms with Gasteiger partial charge in [-0.25, -0.2) is 8.42 Å². The van der Waals surface area contributed by atoms with E-state index >= 15 is 0 Å². The van der Waals surface area contributed by atoms with Gasteiger partial charge in [-0.3, -0.25) is 0 Å². The Labute approximate surface area is 113 Å². The van der Waals surface area contributed by atoms with E-state index in [-0.39, 0.29) is 4.90 Å². The molecule has 0 N–H and O–H groups in total. The highest BCUT2D eigenvalue weighted by atomic mass is 32.2. The summed E-state index contributed by atoms with van der Waals surface area (Å²) in [6.07, 6.45) is 1.15. The zero-order valence-corrected chi connectivity index (χ0v) is 11.1. The first-order chi connectivity index (χ1) is 9.52. The second-order valence-corrected chi connectivity index (χ2v) is 6.06. The van der Waals surface area contributed by atoms with Crippen LogP contribution in [0.5, 0.6) is 11.6 Å². The fourth-order valence-corrected chi connectivity index (χ4v) is 2.19. The topological polar surface area (TPSA) is 99.3 Å². The lowest BCUT2D eigenvalue weighted by Crippen LogP contribution is -1.98. The summed E-state index contributed by atoms with van der Waals surface area (Å²) < 4.78 is 29.4.